The van der Waals surface area contributed by atoms with Crippen molar-refractivity contribution in [3.05, 3.63) is 77.4 Å². The molecule has 0 unspecified atom stereocenters. The van der Waals surface area contributed by atoms with Crippen LogP contribution < -0.4 is 0 Å². The van der Waals surface area contributed by atoms with Gasteiger partial charge in [0.05, 0.1) is 0 Å². The largest absolute Gasteiger partial charge is 0.289 e. The predicted octanol–water partition coefficient (Wildman–Crippen LogP) is 7.08. The average Bonchev–Trinajstić information content (AvgIpc) is 2.73. The van der Waals surface area contributed by atoms with Crippen LogP contribution in [0.3, 0.4) is 0 Å². The molecule has 4 bridgehead atoms. The molecule has 0 saturated heterocycles. The lowest BCUT2D eigenvalue weighted by Gasteiger charge is -2.57. The van der Waals surface area contributed by atoms with Gasteiger partial charge in [-0.15, -0.1) is 0 Å². The molecular formula is C27H32O. The summed E-state index contributed by atoms with van der Waals surface area (Å²) in [6.07, 6.45) is 12.0. The molecule has 4 fully saturated rings. The number of rotatable bonds is 4. The molecule has 2 aromatic carbocycles. The SMILES string of the molecule is CC.O=C(C=Cc1ccccc1)c1cccc(C23CC4CC(CC(C4)C2)C3)c1. The van der Waals surface area contributed by atoms with Crippen molar-refractivity contribution in [3.63, 3.8) is 0 Å². The third-order valence-electron chi connectivity index (χ3n) is 7.02. The summed E-state index contributed by atoms with van der Waals surface area (Å²) < 4.78 is 0. The summed E-state index contributed by atoms with van der Waals surface area (Å²) in [4.78, 5) is 12.7. The molecule has 0 radical (unpaired) electrons. The second-order valence-corrected chi connectivity index (χ2v) is 8.89. The molecule has 1 nitrogen and oxygen atoms in total. The molecule has 4 aliphatic rings. The number of ketones is 1. The Labute approximate surface area is 169 Å². The van der Waals surface area contributed by atoms with E-state index in [4.69, 9.17) is 0 Å². The third-order valence-corrected chi connectivity index (χ3v) is 7.02. The van der Waals surface area contributed by atoms with Crippen LogP contribution in [0.1, 0.15) is 73.9 Å². The van der Waals surface area contributed by atoms with Gasteiger partial charge in [0, 0.05) is 5.56 Å². The van der Waals surface area contributed by atoms with E-state index in [1.54, 1.807) is 6.08 Å². The third kappa shape index (κ3) is 3.72. The first-order valence-electron chi connectivity index (χ1n) is 11.1. The first kappa shape index (κ1) is 19.2. The van der Waals surface area contributed by atoms with Crippen LogP contribution >= 0.6 is 0 Å². The Hall–Kier alpha value is -2.15. The van der Waals surface area contributed by atoms with Gasteiger partial charge in [0.25, 0.3) is 0 Å². The zero-order valence-corrected chi connectivity index (χ0v) is 17.2. The lowest BCUT2D eigenvalue weighted by atomic mass is 9.48. The topological polar surface area (TPSA) is 17.1 Å². The molecule has 0 amide bonds. The standard InChI is InChI=1S/C25H26O.C2H6/c26-24(10-9-18-5-2-1-3-6-18)22-7-4-8-23(14-22)25-15-19-11-20(16-25)13-21(12-19)17-25;1-2/h1-10,14,19-21H,11-13,15-17H2;1-2H3. The van der Waals surface area contributed by atoms with Crippen molar-refractivity contribution in [3.8, 4) is 0 Å². The predicted molar refractivity (Wildman–Crippen MR) is 117 cm³/mol. The van der Waals surface area contributed by atoms with Gasteiger partial charge in [0.15, 0.2) is 5.78 Å². The van der Waals surface area contributed by atoms with Gasteiger partial charge in [-0.3, -0.25) is 4.79 Å². The molecule has 0 heterocycles. The molecule has 0 spiro atoms. The van der Waals surface area contributed by atoms with Crippen LogP contribution in [0.15, 0.2) is 60.7 Å². The molecule has 146 valence electrons. The van der Waals surface area contributed by atoms with Gasteiger partial charge in [-0.1, -0.05) is 68.5 Å². The monoisotopic (exact) mass is 372 g/mol. The molecule has 28 heavy (non-hydrogen) atoms. The van der Waals surface area contributed by atoms with Crippen molar-refractivity contribution >= 4 is 11.9 Å². The number of hydrogen-bond acceptors (Lipinski definition) is 1. The van der Waals surface area contributed by atoms with Crippen molar-refractivity contribution < 1.29 is 4.79 Å². The number of carbonyl (C=O) groups is 1. The Kier molecular flexibility index (Phi) is 5.53. The van der Waals surface area contributed by atoms with Crippen molar-refractivity contribution in [2.45, 2.75) is 57.8 Å². The van der Waals surface area contributed by atoms with Crippen LogP contribution in [0.5, 0.6) is 0 Å². The van der Waals surface area contributed by atoms with Gasteiger partial charge < -0.3 is 0 Å². The van der Waals surface area contributed by atoms with Crippen molar-refractivity contribution in [1.82, 2.24) is 0 Å². The molecule has 6 rings (SSSR count). The fourth-order valence-electron chi connectivity index (χ4n) is 6.30. The molecule has 2 aromatic rings. The van der Waals surface area contributed by atoms with Gasteiger partial charge in [-0.2, -0.15) is 0 Å². The molecular weight excluding hydrogens is 340 g/mol. The maximum atomic E-state index is 12.7. The van der Waals surface area contributed by atoms with E-state index in [0.717, 1.165) is 28.9 Å². The number of benzene rings is 2. The van der Waals surface area contributed by atoms with E-state index in [-0.39, 0.29) is 5.78 Å². The van der Waals surface area contributed by atoms with E-state index >= 15 is 0 Å². The first-order valence-corrected chi connectivity index (χ1v) is 11.1. The van der Waals surface area contributed by atoms with Gasteiger partial charge in [0.1, 0.15) is 0 Å². The number of allylic oxidation sites excluding steroid dienone is 1. The highest BCUT2D eigenvalue weighted by atomic mass is 16.1. The Balaban J connectivity index is 0.000000932. The summed E-state index contributed by atoms with van der Waals surface area (Å²) in [5.41, 5.74) is 3.69. The fraction of sp³-hybridized carbons (Fsp3) is 0.444. The highest BCUT2D eigenvalue weighted by molar-refractivity contribution is 6.06. The summed E-state index contributed by atoms with van der Waals surface area (Å²) in [6, 6.07) is 18.6. The Morgan fingerprint density at radius 2 is 1.46 bits per heavy atom. The minimum absolute atomic E-state index is 0.112. The summed E-state index contributed by atoms with van der Waals surface area (Å²) in [5, 5.41) is 0. The molecule has 1 heteroatoms. The van der Waals surface area contributed by atoms with E-state index in [1.807, 2.05) is 56.3 Å². The highest BCUT2D eigenvalue weighted by Crippen LogP contribution is 2.60. The lowest BCUT2D eigenvalue weighted by Crippen LogP contribution is -2.48. The van der Waals surface area contributed by atoms with Crippen LogP contribution in [0, 0.1) is 17.8 Å². The summed E-state index contributed by atoms with van der Waals surface area (Å²) in [6.45, 7) is 4.00. The molecule has 0 N–H and O–H groups in total. The quantitative estimate of drug-likeness (QED) is 0.414. The lowest BCUT2D eigenvalue weighted by molar-refractivity contribution is -0.00520. The summed E-state index contributed by atoms with van der Waals surface area (Å²) in [5.74, 6) is 2.90. The van der Waals surface area contributed by atoms with Gasteiger partial charge in [-0.05, 0) is 85.0 Å². The van der Waals surface area contributed by atoms with Crippen molar-refractivity contribution in [2.75, 3.05) is 0 Å². The second kappa shape index (κ2) is 8.07. The van der Waals surface area contributed by atoms with Gasteiger partial charge >= 0.3 is 0 Å². The highest BCUT2D eigenvalue weighted by Gasteiger charge is 2.51. The summed E-state index contributed by atoms with van der Waals surface area (Å²) in [7, 11) is 0. The van der Waals surface area contributed by atoms with E-state index in [9.17, 15) is 4.79 Å². The zero-order chi connectivity index (χ0) is 19.6. The molecule has 4 aliphatic carbocycles. The normalized spacial score (nSPS) is 30.1. The van der Waals surface area contributed by atoms with Gasteiger partial charge in [0.2, 0.25) is 0 Å². The second-order valence-electron chi connectivity index (χ2n) is 8.89. The minimum atomic E-state index is 0.112. The maximum Gasteiger partial charge on any atom is 0.185 e. The van der Waals surface area contributed by atoms with E-state index < -0.39 is 0 Å². The van der Waals surface area contributed by atoms with E-state index in [1.165, 1.54) is 44.1 Å². The Morgan fingerprint density at radius 3 is 2.07 bits per heavy atom. The number of carbonyl (C=O) groups excluding carboxylic acids is 1. The van der Waals surface area contributed by atoms with Crippen molar-refractivity contribution in [1.29, 1.82) is 0 Å². The summed E-state index contributed by atoms with van der Waals surface area (Å²) >= 11 is 0. The smallest absolute Gasteiger partial charge is 0.185 e. The molecule has 4 saturated carbocycles. The van der Waals surface area contributed by atoms with E-state index in [2.05, 4.69) is 18.2 Å². The fourth-order valence-corrected chi connectivity index (χ4v) is 6.30. The van der Waals surface area contributed by atoms with Crippen LogP contribution in [0.25, 0.3) is 6.08 Å². The molecule has 0 aliphatic heterocycles. The number of hydrogen-bond donors (Lipinski definition) is 0. The van der Waals surface area contributed by atoms with Crippen LogP contribution in [0.2, 0.25) is 0 Å². The molecule has 0 aromatic heterocycles. The average molecular weight is 373 g/mol. The first-order chi connectivity index (χ1) is 13.7. The molecule has 0 atom stereocenters. The van der Waals surface area contributed by atoms with Crippen molar-refractivity contribution in [2.24, 2.45) is 17.8 Å². The van der Waals surface area contributed by atoms with E-state index in [0.29, 0.717) is 5.41 Å². The zero-order valence-electron chi connectivity index (χ0n) is 17.2. The minimum Gasteiger partial charge on any atom is -0.289 e. The Morgan fingerprint density at radius 1 is 0.857 bits per heavy atom. The maximum absolute atomic E-state index is 12.7. The van der Waals surface area contributed by atoms with Crippen LogP contribution in [0.4, 0.5) is 0 Å². The Bertz CT molecular complexity index is 810. The van der Waals surface area contributed by atoms with Crippen LogP contribution in [-0.2, 0) is 5.41 Å². The van der Waals surface area contributed by atoms with Crippen LogP contribution in [-0.4, -0.2) is 5.78 Å². The van der Waals surface area contributed by atoms with Gasteiger partial charge in [-0.25, -0.2) is 0 Å².